The third-order valence-electron chi connectivity index (χ3n) is 2.78. The number of hydrogen-bond donors (Lipinski definition) is 1. The summed E-state index contributed by atoms with van der Waals surface area (Å²) < 4.78 is 0. The molecule has 0 spiro atoms. The van der Waals surface area contributed by atoms with E-state index >= 15 is 0 Å². The van der Waals surface area contributed by atoms with E-state index in [0.29, 0.717) is 13.0 Å². The molecule has 4 nitrogen and oxygen atoms in total. The van der Waals surface area contributed by atoms with E-state index in [2.05, 4.69) is 25.9 Å². The number of hydrogen-bond acceptors (Lipinski definition) is 3. The van der Waals surface area contributed by atoms with Gasteiger partial charge in [0.15, 0.2) is 0 Å². The molecule has 0 saturated heterocycles. The van der Waals surface area contributed by atoms with E-state index in [4.69, 9.17) is 5.73 Å². The lowest BCUT2D eigenvalue weighted by atomic mass is 9.81. The Kier molecular flexibility index (Phi) is 3.73. The molecule has 1 atom stereocenters. The van der Waals surface area contributed by atoms with Crippen LogP contribution in [0.15, 0.2) is 5.10 Å². The molecule has 4 heteroatoms. The number of carbonyl (C=O) groups is 1. The van der Waals surface area contributed by atoms with Gasteiger partial charge in [-0.2, -0.15) is 5.10 Å². The molecule has 1 heterocycles. The molecule has 16 heavy (non-hydrogen) atoms. The Labute approximate surface area is 97.9 Å². The maximum Gasteiger partial charge on any atom is 0.251 e. The van der Waals surface area contributed by atoms with Gasteiger partial charge in [0, 0.05) is 11.5 Å². The lowest BCUT2D eigenvalue weighted by molar-refractivity contribution is -0.133. The molecule has 2 N–H and O–H groups in total. The van der Waals surface area contributed by atoms with Crippen molar-refractivity contribution in [1.29, 1.82) is 0 Å². The quantitative estimate of drug-likeness (QED) is 0.793. The van der Waals surface area contributed by atoms with Crippen molar-refractivity contribution in [3.8, 4) is 0 Å². The van der Waals surface area contributed by atoms with Crippen molar-refractivity contribution < 1.29 is 4.79 Å². The Bertz CT molecular complexity index is 302. The second-order valence-electron chi connectivity index (χ2n) is 5.64. The lowest BCUT2D eigenvalue weighted by Gasteiger charge is -2.21. The molecule has 1 aliphatic rings. The summed E-state index contributed by atoms with van der Waals surface area (Å²) in [6.45, 7) is 10.8. The topological polar surface area (TPSA) is 58.7 Å². The van der Waals surface area contributed by atoms with Gasteiger partial charge in [-0.25, -0.2) is 5.01 Å². The minimum Gasteiger partial charge on any atom is -0.330 e. The first-order valence-electron chi connectivity index (χ1n) is 5.91. The standard InChI is InChI=1S/C12H23N3O/c1-8(2)15-11(16)9(6-7-13)10(14-15)12(3,4)5/h8-9H,6-7,13H2,1-5H3. The van der Waals surface area contributed by atoms with Crippen molar-refractivity contribution in [2.45, 2.75) is 47.1 Å². The van der Waals surface area contributed by atoms with Crippen molar-refractivity contribution in [2.24, 2.45) is 22.2 Å². The molecular weight excluding hydrogens is 202 g/mol. The lowest BCUT2D eigenvalue weighted by Crippen LogP contribution is -2.35. The van der Waals surface area contributed by atoms with E-state index in [1.807, 2.05) is 13.8 Å². The largest absolute Gasteiger partial charge is 0.330 e. The molecule has 0 saturated carbocycles. The summed E-state index contributed by atoms with van der Waals surface area (Å²) in [5, 5.41) is 6.08. The van der Waals surface area contributed by atoms with E-state index in [1.165, 1.54) is 0 Å². The Balaban J connectivity index is 3.01. The predicted octanol–water partition coefficient (Wildman–Crippen LogP) is 1.60. The summed E-state index contributed by atoms with van der Waals surface area (Å²) in [6.07, 6.45) is 0.693. The van der Waals surface area contributed by atoms with Crippen LogP contribution in [0.1, 0.15) is 41.0 Å². The Morgan fingerprint density at radius 1 is 1.44 bits per heavy atom. The third kappa shape index (κ3) is 2.43. The number of rotatable bonds is 3. The minimum atomic E-state index is -0.118. The van der Waals surface area contributed by atoms with Gasteiger partial charge in [-0.1, -0.05) is 20.8 Å². The Hall–Kier alpha value is -0.900. The van der Waals surface area contributed by atoms with E-state index in [-0.39, 0.29) is 23.3 Å². The highest BCUT2D eigenvalue weighted by Gasteiger charge is 2.41. The molecular formula is C12H23N3O. The van der Waals surface area contributed by atoms with Crippen LogP contribution in [0, 0.1) is 11.3 Å². The van der Waals surface area contributed by atoms with Gasteiger partial charge >= 0.3 is 0 Å². The van der Waals surface area contributed by atoms with Gasteiger partial charge in [0.25, 0.3) is 5.91 Å². The van der Waals surface area contributed by atoms with E-state index in [9.17, 15) is 4.79 Å². The average molecular weight is 225 g/mol. The Morgan fingerprint density at radius 3 is 2.38 bits per heavy atom. The van der Waals surface area contributed by atoms with Crippen LogP contribution in [0.5, 0.6) is 0 Å². The average Bonchev–Trinajstić information content (AvgIpc) is 2.44. The summed E-state index contributed by atoms with van der Waals surface area (Å²) in [4.78, 5) is 12.1. The zero-order chi connectivity index (χ0) is 12.5. The molecule has 0 radical (unpaired) electrons. The van der Waals surface area contributed by atoms with Crippen molar-refractivity contribution in [1.82, 2.24) is 5.01 Å². The van der Waals surface area contributed by atoms with Crippen LogP contribution < -0.4 is 5.73 Å². The first kappa shape index (κ1) is 13.2. The highest BCUT2D eigenvalue weighted by atomic mass is 16.2. The second kappa shape index (κ2) is 4.53. The van der Waals surface area contributed by atoms with Crippen LogP contribution in [0.2, 0.25) is 0 Å². The molecule has 1 amide bonds. The van der Waals surface area contributed by atoms with Crippen LogP contribution in [0.3, 0.4) is 0 Å². The normalized spacial score (nSPS) is 21.9. The molecule has 92 valence electrons. The Morgan fingerprint density at radius 2 is 2.00 bits per heavy atom. The van der Waals surface area contributed by atoms with Gasteiger partial charge in [-0.15, -0.1) is 0 Å². The predicted molar refractivity (Wildman–Crippen MR) is 66.0 cm³/mol. The van der Waals surface area contributed by atoms with Crippen LogP contribution in [-0.4, -0.2) is 29.2 Å². The summed E-state index contributed by atoms with van der Waals surface area (Å²) >= 11 is 0. The van der Waals surface area contributed by atoms with Gasteiger partial charge in [0.1, 0.15) is 0 Å². The number of nitrogens with two attached hydrogens (primary N) is 1. The first-order chi connectivity index (χ1) is 7.29. The SMILES string of the molecule is CC(C)N1N=C(C(C)(C)C)C(CCN)C1=O. The van der Waals surface area contributed by atoms with Crippen LogP contribution >= 0.6 is 0 Å². The molecule has 1 aliphatic heterocycles. The molecule has 0 bridgehead atoms. The van der Waals surface area contributed by atoms with Crippen LogP contribution in [0.4, 0.5) is 0 Å². The number of nitrogens with zero attached hydrogens (tertiary/aromatic N) is 2. The van der Waals surface area contributed by atoms with Crippen LogP contribution in [0.25, 0.3) is 0 Å². The smallest absolute Gasteiger partial charge is 0.251 e. The number of amides is 1. The minimum absolute atomic E-state index is 0.0703. The van der Waals surface area contributed by atoms with Gasteiger partial charge in [-0.3, -0.25) is 4.79 Å². The van der Waals surface area contributed by atoms with E-state index < -0.39 is 0 Å². The van der Waals surface area contributed by atoms with Crippen LogP contribution in [-0.2, 0) is 4.79 Å². The first-order valence-corrected chi connectivity index (χ1v) is 5.91. The molecule has 1 unspecified atom stereocenters. The highest BCUT2D eigenvalue weighted by molar-refractivity contribution is 6.10. The maximum absolute atomic E-state index is 12.1. The van der Waals surface area contributed by atoms with Crippen molar-refractivity contribution >= 4 is 11.6 Å². The second-order valence-corrected chi connectivity index (χ2v) is 5.64. The molecule has 1 rings (SSSR count). The number of carbonyl (C=O) groups excluding carboxylic acids is 1. The monoisotopic (exact) mass is 225 g/mol. The molecule has 0 fully saturated rings. The van der Waals surface area contributed by atoms with Gasteiger partial charge < -0.3 is 5.73 Å². The molecule has 0 aromatic carbocycles. The summed E-state index contributed by atoms with van der Waals surface area (Å²) in [6, 6.07) is 0.118. The number of hydrazone groups is 1. The fourth-order valence-electron chi connectivity index (χ4n) is 1.98. The summed E-state index contributed by atoms with van der Waals surface area (Å²) in [7, 11) is 0. The fraction of sp³-hybridized carbons (Fsp3) is 0.833. The zero-order valence-corrected chi connectivity index (χ0v) is 10.9. The summed E-state index contributed by atoms with van der Waals surface area (Å²) in [5.74, 6) is -0.0159. The maximum atomic E-state index is 12.1. The highest BCUT2D eigenvalue weighted by Crippen LogP contribution is 2.31. The van der Waals surface area contributed by atoms with Gasteiger partial charge in [0.2, 0.25) is 0 Å². The molecule has 0 aliphatic carbocycles. The van der Waals surface area contributed by atoms with Crippen molar-refractivity contribution in [3.05, 3.63) is 0 Å². The third-order valence-corrected chi connectivity index (χ3v) is 2.78. The molecule has 0 aromatic rings. The zero-order valence-electron chi connectivity index (χ0n) is 10.9. The van der Waals surface area contributed by atoms with Gasteiger partial charge in [-0.05, 0) is 26.8 Å². The molecule has 0 aromatic heterocycles. The van der Waals surface area contributed by atoms with Gasteiger partial charge in [0.05, 0.1) is 11.6 Å². The summed E-state index contributed by atoms with van der Waals surface area (Å²) in [5.41, 5.74) is 6.47. The van der Waals surface area contributed by atoms with Crippen molar-refractivity contribution in [3.63, 3.8) is 0 Å². The van der Waals surface area contributed by atoms with E-state index in [1.54, 1.807) is 5.01 Å². The fourth-order valence-corrected chi connectivity index (χ4v) is 1.98. The van der Waals surface area contributed by atoms with Crippen molar-refractivity contribution in [2.75, 3.05) is 6.54 Å². The van der Waals surface area contributed by atoms with E-state index in [0.717, 1.165) is 5.71 Å².